The minimum Gasteiger partial charge on any atom is -0.447 e. The van der Waals surface area contributed by atoms with E-state index in [9.17, 15) is 22.4 Å². The van der Waals surface area contributed by atoms with Gasteiger partial charge in [-0.1, -0.05) is 66.4 Å². The molecule has 1 amide bonds. The Kier molecular flexibility index (Phi) is 7.46. The average Bonchev–Trinajstić information content (AvgIpc) is 3.58. The number of halogens is 4. The normalized spacial score (nSPS) is 11.5. The predicted octanol–water partition coefficient (Wildman–Crippen LogP) is 6.30. The van der Waals surface area contributed by atoms with E-state index in [0.29, 0.717) is 16.5 Å². The monoisotopic (exact) mass is 553 g/mol. The van der Waals surface area contributed by atoms with Gasteiger partial charge in [0.2, 0.25) is 5.89 Å². The smallest absolute Gasteiger partial charge is 0.416 e. The summed E-state index contributed by atoms with van der Waals surface area (Å²) in [6.45, 7) is -0.117. The van der Waals surface area contributed by atoms with E-state index in [1.54, 1.807) is 22.8 Å². The maximum absolute atomic E-state index is 14.7. The van der Waals surface area contributed by atoms with Gasteiger partial charge in [-0.3, -0.25) is 9.36 Å². The standard InChI is InChI=1S/C27H19F4N5O2S/c28-20-11-4-5-12-22(20)36-24(18-8-2-1-3-9-18)34-35-26(36)39-16-23-33-21(15-38-23)25(37)32-14-17-7-6-10-19(13-17)27(29,30)31/h1-13,15H,14,16H2,(H,32,37). The minimum absolute atomic E-state index is 0.0295. The maximum atomic E-state index is 14.7. The summed E-state index contributed by atoms with van der Waals surface area (Å²) in [5.74, 6) is -0.248. The van der Waals surface area contributed by atoms with Gasteiger partial charge in [-0.2, -0.15) is 13.2 Å². The summed E-state index contributed by atoms with van der Waals surface area (Å²) >= 11 is 1.19. The number of carbonyl (C=O) groups is 1. The molecule has 0 spiro atoms. The van der Waals surface area contributed by atoms with Gasteiger partial charge in [-0.15, -0.1) is 10.2 Å². The Morgan fingerprint density at radius 3 is 2.51 bits per heavy atom. The van der Waals surface area contributed by atoms with E-state index in [2.05, 4.69) is 20.5 Å². The number of aromatic nitrogens is 4. The van der Waals surface area contributed by atoms with E-state index in [4.69, 9.17) is 4.42 Å². The highest BCUT2D eigenvalue weighted by molar-refractivity contribution is 7.98. The number of nitrogens with zero attached hydrogens (tertiary/aromatic N) is 4. The molecule has 5 rings (SSSR count). The molecule has 39 heavy (non-hydrogen) atoms. The highest BCUT2D eigenvalue weighted by atomic mass is 32.2. The molecule has 2 heterocycles. The van der Waals surface area contributed by atoms with E-state index in [-0.39, 0.29) is 29.6 Å². The maximum Gasteiger partial charge on any atom is 0.416 e. The molecule has 198 valence electrons. The molecule has 2 aromatic heterocycles. The fourth-order valence-electron chi connectivity index (χ4n) is 3.73. The fraction of sp³-hybridized carbons (Fsp3) is 0.111. The first-order valence-corrected chi connectivity index (χ1v) is 12.6. The van der Waals surface area contributed by atoms with Crippen molar-refractivity contribution in [3.8, 4) is 17.1 Å². The number of hydrogen-bond acceptors (Lipinski definition) is 6. The number of alkyl halides is 3. The Hall–Kier alpha value is -4.45. The molecule has 0 aliphatic heterocycles. The number of hydrogen-bond donors (Lipinski definition) is 1. The lowest BCUT2D eigenvalue weighted by Crippen LogP contribution is -2.23. The molecular formula is C27H19F4N5O2S. The second kappa shape index (κ2) is 11.1. The first-order chi connectivity index (χ1) is 18.8. The van der Waals surface area contributed by atoms with Crippen LogP contribution in [0, 0.1) is 5.82 Å². The quantitative estimate of drug-likeness (QED) is 0.179. The van der Waals surface area contributed by atoms with Crippen molar-refractivity contribution in [3.05, 3.63) is 114 Å². The summed E-state index contributed by atoms with van der Waals surface area (Å²) in [5.41, 5.74) is 0.479. The van der Waals surface area contributed by atoms with Gasteiger partial charge < -0.3 is 9.73 Å². The van der Waals surface area contributed by atoms with Gasteiger partial charge in [0.15, 0.2) is 16.7 Å². The topological polar surface area (TPSA) is 85.8 Å². The van der Waals surface area contributed by atoms with Gasteiger partial charge in [-0.05, 0) is 29.8 Å². The van der Waals surface area contributed by atoms with Gasteiger partial charge in [0.1, 0.15) is 12.1 Å². The summed E-state index contributed by atoms with van der Waals surface area (Å²) < 4.78 is 60.5. The number of carbonyl (C=O) groups excluding carboxylic acids is 1. The second-order valence-corrected chi connectivity index (χ2v) is 9.20. The van der Waals surface area contributed by atoms with Crippen LogP contribution >= 0.6 is 11.8 Å². The lowest BCUT2D eigenvalue weighted by molar-refractivity contribution is -0.137. The Morgan fingerprint density at radius 2 is 1.74 bits per heavy atom. The largest absolute Gasteiger partial charge is 0.447 e. The summed E-state index contributed by atoms with van der Waals surface area (Å²) in [6, 6.07) is 20.2. The van der Waals surface area contributed by atoms with Gasteiger partial charge >= 0.3 is 6.18 Å². The van der Waals surface area contributed by atoms with E-state index in [1.807, 2.05) is 30.3 Å². The Morgan fingerprint density at radius 1 is 0.974 bits per heavy atom. The molecular weight excluding hydrogens is 534 g/mol. The molecule has 7 nitrogen and oxygen atoms in total. The highest BCUT2D eigenvalue weighted by Crippen LogP contribution is 2.31. The second-order valence-electron chi connectivity index (χ2n) is 8.26. The minimum atomic E-state index is -4.48. The zero-order valence-electron chi connectivity index (χ0n) is 20.0. The number of amides is 1. The number of rotatable bonds is 8. The van der Waals surface area contributed by atoms with Crippen molar-refractivity contribution in [2.24, 2.45) is 0 Å². The Balaban J connectivity index is 1.29. The van der Waals surface area contributed by atoms with Crippen LogP contribution in [0.4, 0.5) is 17.6 Å². The summed E-state index contributed by atoms with van der Waals surface area (Å²) in [6.07, 6.45) is -3.31. The van der Waals surface area contributed by atoms with Crippen LogP contribution in [0.5, 0.6) is 0 Å². The summed E-state index contributed by atoms with van der Waals surface area (Å²) in [5, 5.41) is 11.4. The molecule has 0 radical (unpaired) electrons. The van der Waals surface area contributed by atoms with Crippen molar-refractivity contribution in [3.63, 3.8) is 0 Å². The average molecular weight is 554 g/mol. The van der Waals surface area contributed by atoms with E-state index < -0.39 is 23.5 Å². The van der Waals surface area contributed by atoms with Crippen LogP contribution in [0.15, 0.2) is 94.7 Å². The Labute approximate surface area is 223 Å². The van der Waals surface area contributed by atoms with E-state index in [1.165, 1.54) is 30.0 Å². The Bertz CT molecular complexity index is 1600. The zero-order chi connectivity index (χ0) is 27.4. The first kappa shape index (κ1) is 26.2. The van der Waals surface area contributed by atoms with Crippen LogP contribution in [0.1, 0.15) is 27.5 Å². The third-order valence-corrected chi connectivity index (χ3v) is 6.49. The summed E-state index contributed by atoms with van der Waals surface area (Å²) in [4.78, 5) is 16.7. The van der Waals surface area contributed by atoms with Crippen LogP contribution in [0.2, 0.25) is 0 Å². The first-order valence-electron chi connectivity index (χ1n) is 11.6. The molecule has 3 aromatic carbocycles. The molecule has 0 aliphatic rings. The molecule has 5 aromatic rings. The molecule has 0 bridgehead atoms. The van der Waals surface area contributed by atoms with Crippen molar-refractivity contribution in [2.75, 3.05) is 0 Å². The third-order valence-electron chi connectivity index (χ3n) is 5.58. The molecule has 0 atom stereocenters. The van der Waals surface area contributed by atoms with Gasteiger partial charge in [0.25, 0.3) is 5.91 Å². The number of para-hydroxylation sites is 1. The van der Waals surface area contributed by atoms with Crippen molar-refractivity contribution in [1.29, 1.82) is 0 Å². The fourth-order valence-corrected chi connectivity index (χ4v) is 4.52. The molecule has 0 saturated carbocycles. The number of thioether (sulfide) groups is 1. The van der Waals surface area contributed by atoms with Gasteiger partial charge in [0, 0.05) is 12.1 Å². The summed E-state index contributed by atoms with van der Waals surface area (Å²) in [7, 11) is 0. The zero-order valence-corrected chi connectivity index (χ0v) is 20.8. The van der Waals surface area contributed by atoms with Crippen molar-refractivity contribution < 1.29 is 26.8 Å². The van der Waals surface area contributed by atoms with Crippen LogP contribution in [0.25, 0.3) is 17.1 Å². The van der Waals surface area contributed by atoms with Crippen LogP contribution in [-0.2, 0) is 18.5 Å². The third kappa shape index (κ3) is 6.01. The van der Waals surface area contributed by atoms with Gasteiger partial charge in [0.05, 0.1) is 17.0 Å². The SMILES string of the molecule is O=C(NCc1cccc(C(F)(F)F)c1)c1coc(CSc2nnc(-c3ccccc3)n2-c2ccccc2F)n1. The number of benzene rings is 3. The van der Waals surface area contributed by atoms with Crippen molar-refractivity contribution in [2.45, 2.75) is 23.6 Å². The molecule has 0 unspecified atom stereocenters. The number of oxazole rings is 1. The number of nitrogens with one attached hydrogen (secondary N) is 1. The van der Waals surface area contributed by atoms with Crippen LogP contribution < -0.4 is 5.32 Å². The van der Waals surface area contributed by atoms with E-state index in [0.717, 1.165) is 24.0 Å². The predicted molar refractivity (Wildman–Crippen MR) is 135 cm³/mol. The highest BCUT2D eigenvalue weighted by Gasteiger charge is 2.30. The molecule has 1 N–H and O–H groups in total. The van der Waals surface area contributed by atoms with Gasteiger partial charge in [-0.25, -0.2) is 9.37 Å². The van der Waals surface area contributed by atoms with Crippen LogP contribution in [0.3, 0.4) is 0 Å². The lowest BCUT2D eigenvalue weighted by Gasteiger charge is -2.10. The molecule has 0 saturated heterocycles. The van der Waals surface area contributed by atoms with Crippen molar-refractivity contribution in [1.82, 2.24) is 25.1 Å². The van der Waals surface area contributed by atoms with E-state index >= 15 is 0 Å². The molecule has 0 aliphatic carbocycles. The lowest BCUT2D eigenvalue weighted by atomic mass is 10.1. The molecule has 12 heteroatoms. The van der Waals surface area contributed by atoms with Crippen LogP contribution in [-0.4, -0.2) is 25.7 Å². The van der Waals surface area contributed by atoms with Crippen molar-refractivity contribution >= 4 is 17.7 Å². The molecule has 0 fully saturated rings.